The van der Waals surface area contributed by atoms with Crippen LogP contribution in [0.4, 0.5) is 13.2 Å². The van der Waals surface area contributed by atoms with Crippen molar-refractivity contribution in [2.75, 3.05) is 20.1 Å². The maximum Gasteiger partial charge on any atom is 0.573 e. The second-order valence-electron chi connectivity index (χ2n) is 6.06. The number of hydrogen-bond acceptors (Lipinski definition) is 3. The van der Waals surface area contributed by atoms with Gasteiger partial charge in [0.05, 0.1) is 0 Å². The summed E-state index contributed by atoms with van der Waals surface area (Å²) >= 11 is 0. The Bertz CT molecular complexity index is 647. The van der Waals surface area contributed by atoms with Gasteiger partial charge in [0.1, 0.15) is 5.75 Å². The Balaban J connectivity index is 2.01. The average Bonchev–Trinajstić information content (AvgIpc) is 2.47. The number of halogens is 3. The molecule has 0 amide bonds. The van der Waals surface area contributed by atoms with Gasteiger partial charge in [-0.15, -0.1) is 13.2 Å². The van der Waals surface area contributed by atoms with E-state index in [0.717, 1.165) is 12.8 Å². The van der Waals surface area contributed by atoms with Crippen molar-refractivity contribution in [1.82, 2.24) is 8.61 Å². The summed E-state index contributed by atoms with van der Waals surface area (Å²) in [6.45, 7) is 3.08. The molecule has 0 aliphatic carbocycles. The number of alkyl halides is 3. The van der Waals surface area contributed by atoms with E-state index in [9.17, 15) is 21.6 Å². The topological polar surface area (TPSA) is 49.9 Å². The quantitative estimate of drug-likeness (QED) is 0.805. The SMILES string of the molecule is CC1CCCN(S(=O)(=O)N(C)Cc2ccc(OC(F)(F)F)cc2)C1. The number of hydrogen-bond donors (Lipinski definition) is 0. The first-order valence-electron chi connectivity index (χ1n) is 7.64. The smallest absolute Gasteiger partial charge is 0.406 e. The Kier molecular flexibility index (Phi) is 5.77. The van der Waals surface area contributed by atoms with E-state index in [1.54, 1.807) is 0 Å². The van der Waals surface area contributed by atoms with Crippen LogP contribution >= 0.6 is 0 Å². The molecule has 0 aromatic heterocycles. The Labute approximate surface area is 140 Å². The molecule has 24 heavy (non-hydrogen) atoms. The largest absolute Gasteiger partial charge is 0.573 e. The molecule has 1 aliphatic heterocycles. The van der Waals surface area contributed by atoms with Gasteiger partial charge in [-0.05, 0) is 36.5 Å². The summed E-state index contributed by atoms with van der Waals surface area (Å²) in [6, 6.07) is 5.19. The number of nitrogens with zero attached hydrogens (tertiary/aromatic N) is 2. The first-order valence-corrected chi connectivity index (χ1v) is 9.04. The molecule has 1 heterocycles. The van der Waals surface area contributed by atoms with Crippen molar-refractivity contribution in [3.8, 4) is 5.75 Å². The Hall–Kier alpha value is -1.32. The minimum absolute atomic E-state index is 0.0828. The highest BCUT2D eigenvalue weighted by Gasteiger charge is 2.32. The maximum atomic E-state index is 12.6. The predicted octanol–water partition coefficient (Wildman–Crippen LogP) is 2.99. The van der Waals surface area contributed by atoms with E-state index in [1.807, 2.05) is 6.92 Å². The number of ether oxygens (including phenoxy) is 1. The van der Waals surface area contributed by atoms with Crippen molar-refractivity contribution in [2.24, 2.45) is 5.92 Å². The zero-order valence-corrected chi connectivity index (χ0v) is 14.4. The molecule has 0 saturated carbocycles. The normalized spacial score (nSPS) is 20.3. The van der Waals surface area contributed by atoms with Gasteiger partial charge in [0, 0.05) is 26.7 Å². The van der Waals surface area contributed by atoms with E-state index in [4.69, 9.17) is 0 Å². The number of piperidine rings is 1. The van der Waals surface area contributed by atoms with Crippen LogP contribution in [0, 0.1) is 5.92 Å². The van der Waals surface area contributed by atoms with E-state index < -0.39 is 16.6 Å². The number of rotatable bonds is 5. The predicted molar refractivity (Wildman–Crippen MR) is 83.5 cm³/mol. The van der Waals surface area contributed by atoms with Crippen LogP contribution in [-0.4, -0.2) is 43.5 Å². The molecule has 0 spiro atoms. The van der Waals surface area contributed by atoms with E-state index in [1.165, 1.54) is 39.9 Å². The molecule has 5 nitrogen and oxygen atoms in total. The number of benzene rings is 1. The summed E-state index contributed by atoms with van der Waals surface area (Å²) in [7, 11) is -2.11. The van der Waals surface area contributed by atoms with E-state index in [2.05, 4.69) is 4.74 Å². The van der Waals surface area contributed by atoms with Crippen molar-refractivity contribution >= 4 is 10.2 Å². The Morgan fingerprint density at radius 3 is 2.46 bits per heavy atom. The van der Waals surface area contributed by atoms with Gasteiger partial charge in [0.2, 0.25) is 0 Å². The molecule has 0 bridgehead atoms. The third-order valence-electron chi connectivity index (χ3n) is 3.90. The lowest BCUT2D eigenvalue weighted by atomic mass is 10.0. The molecule has 0 N–H and O–H groups in total. The van der Waals surface area contributed by atoms with Crippen LogP contribution in [0.3, 0.4) is 0 Å². The van der Waals surface area contributed by atoms with Crippen LogP contribution in [0.2, 0.25) is 0 Å². The molecule has 9 heteroatoms. The minimum atomic E-state index is -4.74. The summed E-state index contributed by atoms with van der Waals surface area (Å²) in [4.78, 5) is 0. The zero-order chi connectivity index (χ0) is 18.0. The average molecular weight is 366 g/mol. The fourth-order valence-corrected chi connectivity index (χ4v) is 4.20. The first-order chi connectivity index (χ1) is 11.1. The summed E-state index contributed by atoms with van der Waals surface area (Å²) in [5, 5.41) is 0. The molecular formula is C15H21F3N2O3S. The van der Waals surface area contributed by atoms with Crippen molar-refractivity contribution in [1.29, 1.82) is 0 Å². The molecule has 1 aromatic carbocycles. The minimum Gasteiger partial charge on any atom is -0.406 e. The third kappa shape index (κ3) is 5.09. The van der Waals surface area contributed by atoms with Gasteiger partial charge >= 0.3 is 6.36 Å². The van der Waals surface area contributed by atoms with Crippen LogP contribution < -0.4 is 4.74 Å². The van der Waals surface area contributed by atoms with Gasteiger partial charge in [-0.2, -0.15) is 17.0 Å². The van der Waals surface area contributed by atoms with Crippen molar-refractivity contribution in [3.05, 3.63) is 29.8 Å². The highest BCUT2D eigenvalue weighted by atomic mass is 32.2. The van der Waals surface area contributed by atoms with Gasteiger partial charge in [-0.3, -0.25) is 0 Å². The van der Waals surface area contributed by atoms with Crippen molar-refractivity contribution in [3.63, 3.8) is 0 Å². The molecular weight excluding hydrogens is 345 g/mol. The molecule has 0 radical (unpaired) electrons. The Morgan fingerprint density at radius 1 is 1.29 bits per heavy atom. The van der Waals surface area contributed by atoms with Gasteiger partial charge in [0.15, 0.2) is 0 Å². The summed E-state index contributed by atoms with van der Waals surface area (Å²) in [5.74, 6) is -0.0117. The monoisotopic (exact) mass is 366 g/mol. The summed E-state index contributed by atoms with van der Waals surface area (Å²) in [5.41, 5.74) is 0.584. The fourth-order valence-electron chi connectivity index (χ4n) is 2.69. The van der Waals surface area contributed by atoms with Crippen molar-refractivity contribution in [2.45, 2.75) is 32.7 Å². The lowest BCUT2D eigenvalue weighted by Gasteiger charge is -2.33. The lowest BCUT2D eigenvalue weighted by Crippen LogP contribution is -2.45. The third-order valence-corrected chi connectivity index (χ3v) is 5.80. The van der Waals surface area contributed by atoms with Crippen LogP contribution in [0.5, 0.6) is 5.75 Å². The van der Waals surface area contributed by atoms with Crippen LogP contribution in [0.15, 0.2) is 24.3 Å². The highest BCUT2D eigenvalue weighted by Crippen LogP contribution is 2.24. The second-order valence-corrected chi connectivity index (χ2v) is 8.10. The molecule has 2 rings (SSSR count). The van der Waals surface area contributed by atoms with Crippen LogP contribution in [0.25, 0.3) is 0 Å². The van der Waals surface area contributed by atoms with Gasteiger partial charge in [-0.25, -0.2) is 0 Å². The molecule has 1 saturated heterocycles. The molecule has 1 unspecified atom stereocenters. The first kappa shape index (κ1) is 19.0. The molecule has 1 aliphatic rings. The standard InChI is InChI=1S/C15H21F3N2O3S/c1-12-4-3-9-20(10-12)24(21,22)19(2)11-13-5-7-14(8-6-13)23-15(16,17)18/h5-8,12H,3-4,9-11H2,1-2H3. The van der Waals surface area contributed by atoms with Crippen LogP contribution in [-0.2, 0) is 16.8 Å². The molecule has 1 aromatic rings. The Morgan fingerprint density at radius 2 is 1.92 bits per heavy atom. The van der Waals surface area contributed by atoms with E-state index >= 15 is 0 Å². The lowest BCUT2D eigenvalue weighted by molar-refractivity contribution is -0.274. The highest BCUT2D eigenvalue weighted by molar-refractivity contribution is 7.86. The molecule has 1 atom stereocenters. The zero-order valence-electron chi connectivity index (χ0n) is 13.6. The van der Waals surface area contributed by atoms with Gasteiger partial charge in [0.25, 0.3) is 10.2 Å². The van der Waals surface area contributed by atoms with E-state index in [0.29, 0.717) is 24.6 Å². The molecule has 1 fully saturated rings. The van der Waals surface area contributed by atoms with Crippen molar-refractivity contribution < 1.29 is 26.3 Å². The summed E-state index contributed by atoms with van der Waals surface area (Å²) in [6.07, 6.45) is -2.90. The summed E-state index contributed by atoms with van der Waals surface area (Å²) < 4.78 is 68.0. The second kappa shape index (κ2) is 7.28. The van der Waals surface area contributed by atoms with Crippen LogP contribution in [0.1, 0.15) is 25.3 Å². The molecule has 136 valence electrons. The van der Waals surface area contributed by atoms with Gasteiger partial charge in [-0.1, -0.05) is 19.1 Å². The van der Waals surface area contributed by atoms with Gasteiger partial charge < -0.3 is 4.74 Å². The van der Waals surface area contributed by atoms with E-state index in [-0.39, 0.29) is 12.3 Å². The maximum absolute atomic E-state index is 12.6. The fraction of sp³-hybridized carbons (Fsp3) is 0.600.